The van der Waals surface area contributed by atoms with Crippen molar-refractivity contribution in [1.29, 1.82) is 5.26 Å². The Bertz CT molecular complexity index is 500. The Morgan fingerprint density at radius 3 is 2.57 bits per heavy atom. The largest absolute Gasteiger partial charge is 0.297 e. The van der Waals surface area contributed by atoms with Gasteiger partial charge in [0, 0.05) is 10.9 Å². The number of halogens is 2. The van der Waals surface area contributed by atoms with Crippen LogP contribution >= 0.6 is 11.8 Å². The average Bonchev–Trinajstić information content (AvgIpc) is 2.41. The van der Waals surface area contributed by atoms with Gasteiger partial charge in [-0.25, -0.2) is 8.78 Å². The van der Waals surface area contributed by atoms with Crippen molar-refractivity contribution in [3.63, 3.8) is 0 Å². The van der Waals surface area contributed by atoms with Crippen LogP contribution in [0.2, 0.25) is 0 Å². The van der Waals surface area contributed by atoms with Crippen molar-refractivity contribution in [1.82, 2.24) is 5.32 Å². The maximum Gasteiger partial charge on any atom is 0.159 e. The average molecular weight is 312 g/mol. The number of hydrogen-bond acceptors (Lipinski definition) is 3. The summed E-state index contributed by atoms with van der Waals surface area (Å²) < 4.78 is 25.8. The van der Waals surface area contributed by atoms with Crippen molar-refractivity contribution in [3.05, 3.63) is 29.8 Å². The lowest BCUT2D eigenvalue weighted by atomic mass is 9.96. The molecule has 0 bridgehead atoms. The van der Waals surface area contributed by atoms with E-state index in [-0.39, 0.29) is 6.04 Å². The summed E-state index contributed by atoms with van der Waals surface area (Å²) in [6, 6.07) is 6.55. The molecule has 0 aromatic heterocycles. The Balaban J connectivity index is 2.31. The van der Waals surface area contributed by atoms with E-state index >= 15 is 0 Å². The highest BCUT2D eigenvalue weighted by Gasteiger charge is 2.23. The first-order valence-electron chi connectivity index (χ1n) is 7.13. The van der Waals surface area contributed by atoms with Crippen molar-refractivity contribution < 1.29 is 8.78 Å². The van der Waals surface area contributed by atoms with Gasteiger partial charge in [-0.3, -0.25) is 5.32 Å². The number of hydrogen-bond donors (Lipinski definition) is 1. The van der Waals surface area contributed by atoms with E-state index in [1.807, 2.05) is 20.8 Å². The maximum atomic E-state index is 13.0. The molecule has 5 heteroatoms. The minimum atomic E-state index is -0.816. The van der Waals surface area contributed by atoms with Gasteiger partial charge in [-0.05, 0) is 64.0 Å². The molecule has 1 aromatic carbocycles. The molecule has 0 spiro atoms. The van der Waals surface area contributed by atoms with E-state index in [0.29, 0.717) is 0 Å². The summed E-state index contributed by atoms with van der Waals surface area (Å²) in [6.07, 6.45) is 2.63. The second-order valence-corrected chi connectivity index (χ2v) is 6.79. The minimum Gasteiger partial charge on any atom is -0.297 e. The van der Waals surface area contributed by atoms with Crippen LogP contribution in [0.25, 0.3) is 0 Å². The summed E-state index contributed by atoms with van der Waals surface area (Å²) >= 11 is 1.51. The Hall–Kier alpha value is -1.12. The predicted octanol–water partition coefficient (Wildman–Crippen LogP) is 4.51. The monoisotopic (exact) mass is 312 g/mol. The quantitative estimate of drug-likeness (QED) is 0.567. The fourth-order valence-corrected chi connectivity index (χ4v) is 3.07. The zero-order chi connectivity index (χ0) is 15.9. The van der Waals surface area contributed by atoms with Crippen LogP contribution in [-0.2, 0) is 0 Å². The van der Waals surface area contributed by atoms with Crippen LogP contribution in [0.15, 0.2) is 23.1 Å². The molecule has 0 aliphatic heterocycles. The fraction of sp³-hybridized carbons (Fsp3) is 0.562. The molecule has 0 aliphatic rings. The number of thioether (sulfide) groups is 1. The lowest BCUT2D eigenvalue weighted by Gasteiger charge is -2.25. The molecular formula is C16H22F2N2S. The zero-order valence-electron chi connectivity index (χ0n) is 12.7. The van der Waals surface area contributed by atoms with E-state index in [2.05, 4.69) is 11.4 Å². The molecule has 2 nitrogen and oxygen atoms in total. The Morgan fingerprint density at radius 2 is 2.00 bits per heavy atom. The SMILES string of the molecule is CC(C)NC(C)(C#N)CCCCSc1ccc(F)c(F)c1. The van der Waals surface area contributed by atoms with E-state index in [0.717, 1.165) is 36.0 Å². The third-order valence-electron chi connectivity index (χ3n) is 3.08. The topological polar surface area (TPSA) is 35.8 Å². The van der Waals surface area contributed by atoms with Crippen molar-refractivity contribution in [2.75, 3.05) is 5.75 Å². The molecule has 1 unspecified atom stereocenters. The number of unbranched alkanes of at least 4 members (excludes halogenated alkanes) is 1. The number of nitrogens with zero attached hydrogens (tertiary/aromatic N) is 1. The van der Waals surface area contributed by atoms with Gasteiger partial charge >= 0.3 is 0 Å². The summed E-state index contributed by atoms with van der Waals surface area (Å²) in [6.45, 7) is 5.96. The van der Waals surface area contributed by atoms with E-state index in [4.69, 9.17) is 0 Å². The highest BCUT2D eigenvalue weighted by atomic mass is 32.2. The molecule has 0 aliphatic carbocycles. The standard InChI is InChI=1S/C16H22F2N2S/c1-12(2)20-16(3,11-19)8-4-5-9-21-13-6-7-14(17)15(18)10-13/h6-7,10,12,20H,4-5,8-9H2,1-3H3. The van der Waals surface area contributed by atoms with Gasteiger partial charge in [0.15, 0.2) is 11.6 Å². The smallest absolute Gasteiger partial charge is 0.159 e. The second-order valence-electron chi connectivity index (χ2n) is 5.62. The molecule has 21 heavy (non-hydrogen) atoms. The molecule has 0 heterocycles. The summed E-state index contributed by atoms with van der Waals surface area (Å²) in [5.74, 6) is -0.795. The van der Waals surface area contributed by atoms with Crippen LogP contribution in [0.5, 0.6) is 0 Å². The van der Waals surface area contributed by atoms with Crippen molar-refractivity contribution >= 4 is 11.8 Å². The number of nitrogens with one attached hydrogen (secondary N) is 1. The van der Waals surface area contributed by atoms with E-state index in [1.165, 1.54) is 17.8 Å². The van der Waals surface area contributed by atoms with Gasteiger partial charge in [0.2, 0.25) is 0 Å². The van der Waals surface area contributed by atoms with Gasteiger partial charge in [0.1, 0.15) is 5.54 Å². The molecule has 1 atom stereocenters. The van der Waals surface area contributed by atoms with E-state index in [1.54, 1.807) is 6.07 Å². The first-order valence-corrected chi connectivity index (χ1v) is 8.11. The molecule has 0 fully saturated rings. The van der Waals surface area contributed by atoms with E-state index in [9.17, 15) is 14.0 Å². The predicted molar refractivity (Wildman–Crippen MR) is 83.2 cm³/mol. The summed E-state index contributed by atoms with van der Waals surface area (Å²) in [4.78, 5) is 0.734. The van der Waals surface area contributed by atoms with Crippen LogP contribution < -0.4 is 5.32 Å². The zero-order valence-corrected chi connectivity index (χ0v) is 13.6. The van der Waals surface area contributed by atoms with Crippen LogP contribution in [0.1, 0.15) is 40.0 Å². The van der Waals surface area contributed by atoms with Gasteiger partial charge in [-0.15, -0.1) is 11.8 Å². The second kappa shape index (κ2) is 8.35. The first kappa shape index (κ1) is 17.9. The third-order valence-corrected chi connectivity index (χ3v) is 4.16. The third kappa shape index (κ3) is 6.45. The summed E-state index contributed by atoms with van der Waals surface area (Å²) in [5, 5.41) is 12.5. The summed E-state index contributed by atoms with van der Waals surface area (Å²) in [5.41, 5.74) is -0.499. The molecule has 1 N–H and O–H groups in total. The van der Waals surface area contributed by atoms with Gasteiger partial charge in [0.25, 0.3) is 0 Å². The minimum absolute atomic E-state index is 0.270. The van der Waals surface area contributed by atoms with Crippen LogP contribution in [0, 0.1) is 23.0 Å². The lowest BCUT2D eigenvalue weighted by Crippen LogP contribution is -2.44. The highest BCUT2D eigenvalue weighted by Crippen LogP contribution is 2.23. The molecule has 0 amide bonds. The maximum absolute atomic E-state index is 13.0. The van der Waals surface area contributed by atoms with Crippen LogP contribution in [-0.4, -0.2) is 17.3 Å². The van der Waals surface area contributed by atoms with Crippen molar-refractivity contribution in [2.45, 2.75) is 56.5 Å². The first-order chi connectivity index (χ1) is 9.86. The molecule has 1 aromatic rings. The van der Waals surface area contributed by atoms with Gasteiger partial charge < -0.3 is 0 Å². The summed E-state index contributed by atoms with van der Waals surface area (Å²) in [7, 11) is 0. The Morgan fingerprint density at radius 1 is 1.29 bits per heavy atom. The van der Waals surface area contributed by atoms with Crippen molar-refractivity contribution in [3.8, 4) is 6.07 Å². The molecule has 0 saturated carbocycles. The van der Waals surface area contributed by atoms with Crippen LogP contribution in [0.3, 0.4) is 0 Å². The molecule has 0 radical (unpaired) electrons. The lowest BCUT2D eigenvalue weighted by molar-refractivity contribution is 0.372. The molecule has 1 rings (SSSR count). The van der Waals surface area contributed by atoms with Gasteiger partial charge in [0.05, 0.1) is 6.07 Å². The molecule has 0 saturated heterocycles. The normalized spacial score (nSPS) is 14.0. The Labute approximate surface area is 129 Å². The van der Waals surface area contributed by atoms with Crippen LogP contribution in [0.4, 0.5) is 8.78 Å². The number of nitriles is 1. The van der Waals surface area contributed by atoms with E-state index < -0.39 is 17.2 Å². The van der Waals surface area contributed by atoms with Gasteiger partial charge in [-0.2, -0.15) is 5.26 Å². The molecule has 116 valence electrons. The van der Waals surface area contributed by atoms with Gasteiger partial charge in [-0.1, -0.05) is 0 Å². The highest BCUT2D eigenvalue weighted by molar-refractivity contribution is 7.99. The number of benzene rings is 1. The number of rotatable bonds is 8. The Kier molecular flexibility index (Phi) is 7.13. The fourth-order valence-electron chi connectivity index (χ4n) is 2.13. The molecular weight excluding hydrogens is 290 g/mol. The van der Waals surface area contributed by atoms with Crippen molar-refractivity contribution in [2.24, 2.45) is 0 Å².